The van der Waals surface area contributed by atoms with Crippen molar-refractivity contribution in [3.05, 3.63) is 69.9 Å². The smallest absolute Gasteiger partial charge is 0.278 e. The van der Waals surface area contributed by atoms with Crippen molar-refractivity contribution in [1.29, 1.82) is 0 Å². The van der Waals surface area contributed by atoms with Crippen molar-refractivity contribution in [2.75, 3.05) is 5.32 Å². The van der Waals surface area contributed by atoms with Gasteiger partial charge in [0.15, 0.2) is 0 Å². The molecule has 0 aliphatic carbocycles. The molecule has 0 fully saturated rings. The van der Waals surface area contributed by atoms with Crippen LogP contribution in [0.5, 0.6) is 0 Å². The zero-order valence-corrected chi connectivity index (χ0v) is 14.1. The number of nitro benzene ring substituents is 1. The van der Waals surface area contributed by atoms with Crippen molar-refractivity contribution in [2.45, 2.75) is 0 Å². The molecule has 0 saturated carbocycles. The number of aromatic nitrogens is 2. The first kappa shape index (κ1) is 16.6. The van der Waals surface area contributed by atoms with Crippen molar-refractivity contribution < 1.29 is 9.72 Å². The molecule has 0 aliphatic rings. The molecule has 0 bridgehead atoms. The molecule has 0 aliphatic heterocycles. The van der Waals surface area contributed by atoms with Crippen LogP contribution >= 0.6 is 11.3 Å². The van der Waals surface area contributed by atoms with Gasteiger partial charge in [-0.05, 0) is 24.3 Å². The van der Waals surface area contributed by atoms with Crippen molar-refractivity contribution >= 4 is 34.7 Å². The summed E-state index contributed by atoms with van der Waals surface area (Å²) in [6.45, 7) is 0. The maximum absolute atomic E-state index is 11.9. The van der Waals surface area contributed by atoms with Crippen LogP contribution in [0.3, 0.4) is 0 Å². The number of amides is 1. The Morgan fingerprint density at radius 2 is 2.12 bits per heavy atom. The topological polar surface area (TPSA) is 90.1 Å². The number of benzene rings is 1. The largest absolute Gasteiger partial charge is 0.320 e. The van der Waals surface area contributed by atoms with E-state index < -0.39 is 4.92 Å². The zero-order valence-electron chi connectivity index (χ0n) is 13.2. The van der Waals surface area contributed by atoms with Gasteiger partial charge in [-0.1, -0.05) is 12.1 Å². The Bertz CT molecular complexity index is 958. The van der Waals surface area contributed by atoms with Gasteiger partial charge in [-0.25, -0.2) is 0 Å². The summed E-state index contributed by atoms with van der Waals surface area (Å²) in [6.07, 6.45) is 6.35. The highest BCUT2D eigenvalue weighted by Crippen LogP contribution is 2.34. The molecule has 0 unspecified atom stereocenters. The van der Waals surface area contributed by atoms with Crippen LogP contribution in [0.4, 0.5) is 11.4 Å². The van der Waals surface area contributed by atoms with Crippen LogP contribution < -0.4 is 5.32 Å². The first-order valence-electron chi connectivity index (χ1n) is 7.34. The number of hydrogen-bond acceptors (Lipinski definition) is 5. The summed E-state index contributed by atoms with van der Waals surface area (Å²) in [7, 11) is 1.77. The van der Waals surface area contributed by atoms with E-state index in [1.807, 2.05) is 12.1 Å². The molecule has 126 valence electrons. The van der Waals surface area contributed by atoms with Gasteiger partial charge in [-0.2, -0.15) is 5.10 Å². The lowest BCUT2D eigenvalue weighted by Gasteiger charge is -1.98. The number of nitrogens with one attached hydrogen (secondary N) is 1. The van der Waals surface area contributed by atoms with E-state index in [-0.39, 0.29) is 11.6 Å². The standard InChI is InChI=1S/C17H14N4O3S/c1-20-11-12(10-18-20)19-17(22)9-7-13-6-8-16(25-13)14-4-2-3-5-15(14)21(23)24/h2-11H,1H3,(H,19,22). The zero-order chi connectivity index (χ0) is 17.8. The van der Waals surface area contributed by atoms with E-state index in [4.69, 9.17) is 0 Å². The summed E-state index contributed by atoms with van der Waals surface area (Å²) < 4.78 is 1.59. The minimum atomic E-state index is -0.397. The molecule has 0 radical (unpaired) electrons. The molecule has 0 spiro atoms. The average Bonchev–Trinajstić information content (AvgIpc) is 3.22. The predicted octanol–water partition coefficient (Wildman–Crippen LogP) is 3.71. The molecule has 0 atom stereocenters. The molecule has 0 saturated heterocycles. The van der Waals surface area contributed by atoms with E-state index in [1.165, 1.54) is 23.5 Å². The molecule has 1 N–H and O–H groups in total. The van der Waals surface area contributed by atoms with Crippen LogP contribution in [-0.4, -0.2) is 20.6 Å². The maximum atomic E-state index is 11.9. The number of para-hydroxylation sites is 1. The summed E-state index contributed by atoms with van der Waals surface area (Å²) in [4.78, 5) is 24.2. The Kier molecular flexibility index (Phi) is 4.71. The van der Waals surface area contributed by atoms with Gasteiger partial charge in [0, 0.05) is 35.1 Å². The monoisotopic (exact) mass is 354 g/mol. The Morgan fingerprint density at radius 1 is 1.32 bits per heavy atom. The third-order valence-corrected chi connectivity index (χ3v) is 4.45. The number of carbonyl (C=O) groups is 1. The lowest BCUT2D eigenvalue weighted by atomic mass is 10.1. The average molecular weight is 354 g/mol. The third-order valence-electron chi connectivity index (χ3n) is 3.36. The second-order valence-corrected chi connectivity index (χ2v) is 6.32. The molecular weight excluding hydrogens is 340 g/mol. The minimum Gasteiger partial charge on any atom is -0.320 e. The number of anilines is 1. The summed E-state index contributed by atoms with van der Waals surface area (Å²) in [5.41, 5.74) is 1.25. The predicted molar refractivity (Wildman–Crippen MR) is 97.3 cm³/mol. The van der Waals surface area contributed by atoms with E-state index in [1.54, 1.807) is 48.4 Å². The molecule has 1 amide bonds. The lowest BCUT2D eigenvalue weighted by molar-refractivity contribution is -0.384. The van der Waals surface area contributed by atoms with Crippen molar-refractivity contribution in [3.63, 3.8) is 0 Å². The highest BCUT2D eigenvalue weighted by Gasteiger charge is 2.15. The van der Waals surface area contributed by atoms with Crippen LogP contribution in [0.15, 0.2) is 54.9 Å². The number of aryl methyl sites for hydroxylation is 1. The maximum Gasteiger partial charge on any atom is 0.278 e. The van der Waals surface area contributed by atoms with Crippen LogP contribution in [0.25, 0.3) is 16.5 Å². The fourth-order valence-electron chi connectivity index (χ4n) is 2.26. The number of nitrogens with zero attached hydrogens (tertiary/aromatic N) is 3. The highest BCUT2D eigenvalue weighted by atomic mass is 32.1. The van der Waals surface area contributed by atoms with Crippen LogP contribution in [0.1, 0.15) is 4.88 Å². The number of thiophene rings is 1. The Hall–Kier alpha value is -3.26. The van der Waals surface area contributed by atoms with Gasteiger partial charge >= 0.3 is 0 Å². The van der Waals surface area contributed by atoms with E-state index in [2.05, 4.69) is 10.4 Å². The van der Waals surface area contributed by atoms with E-state index in [0.29, 0.717) is 11.3 Å². The van der Waals surface area contributed by atoms with Crippen molar-refractivity contribution in [2.24, 2.45) is 7.05 Å². The summed E-state index contributed by atoms with van der Waals surface area (Å²) in [5.74, 6) is -0.270. The van der Waals surface area contributed by atoms with E-state index >= 15 is 0 Å². The van der Waals surface area contributed by atoms with Gasteiger partial charge in [0.1, 0.15) is 0 Å². The SMILES string of the molecule is Cn1cc(NC(=O)C=Cc2ccc(-c3ccccc3[N+](=O)[O-])s2)cn1. The fourth-order valence-corrected chi connectivity index (χ4v) is 3.20. The van der Waals surface area contributed by atoms with Gasteiger partial charge in [0.05, 0.1) is 22.4 Å². The second kappa shape index (κ2) is 7.10. The molecule has 3 rings (SSSR count). The van der Waals surface area contributed by atoms with Crippen molar-refractivity contribution in [3.8, 4) is 10.4 Å². The molecule has 8 heteroatoms. The van der Waals surface area contributed by atoms with Crippen LogP contribution in [-0.2, 0) is 11.8 Å². The van der Waals surface area contributed by atoms with Gasteiger partial charge < -0.3 is 5.32 Å². The number of hydrogen-bond donors (Lipinski definition) is 1. The van der Waals surface area contributed by atoms with Gasteiger partial charge in [0.2, 0.25) is 5.91 Å². The molecule has 25 heavy (non-hydrogen) atoms. The fraction of sp³-hybridized carbons (Fsp3) is 0.0588. The van der Waals surface area contributed by atoms with Gasteiger partial charge in [0.25, 0.3) is 5.69 Å². The summed E-state index contributed by atoms with van der Waals surface area (Å²) in [6, 6.07) is 10.2. The van der Waals surface area contributed by atoms with Crippen molar-refractivity contribution in [1.82, 2.24) is 9.78 Å². The first-order valence-corrected chi connectivity index (χ1v) is 8.16. The van der Waals surface area contributed by atoms with E-state index in [9.17, 15) is 14.9 Å². The Labute approximate surface area is 147 Å². The molecule has 3 aromatic rings. The molecule has 2 aromatic heterocycles. The summed E-state index contributed by atoms with van der Waals surface area (Å²) >= 11 is 1.38. The second-order valence-electron chi connectivity index (χ2n) is 5.20. The number of nitro groups is 1. The Balaban J connectivity index is 1.73. The van der Waals surface area contributed by atoms with Gasteiger partial charge in [-0.15, -0.1) is 11.3 Å². The highest BCUT2D eigenvalue weighted by molar-refractivity contribution is 7.16. The normalized spacial score (nSPS) is 10.9. The van der Waals surface area contributed by atoms with Crippen LogP contribution in [0.2, 0.25) is 0 Å². The number of carbonyl (C=O) groups excluding carboxylic acids is 1. The Morgan fingerprint density at radius 3 is 2.84 bits per heavy atom. The van der Waals surface area contributed by atoms with E-state index in [0.717, 1.165) is 9.75 Å². The molecular formula is C17H14N4O3S. The lowest BCUT2D eigenvalue weighted by Crippen LogP contribution is -2.06. The minimum absolute atomic E-state index is 0.0641. The molecule has 2 heterocycles. The molecule has 7 nitrogen and oxygen atoms in total. The first-order chi connectivity index (χ1) is 12.0. The summed E-state index contributed by atoms with van der Waals surface area (Å²) in [5, 5.41) is 17.8. The number of rotatable bonds is 5. The van der Waals surface area contributed by atoms with Crippen LogP contribution in [0, 0.1) is 10.1 Å². The van der Waals surface area contributed by atoms with Gasteiger partial charge in [-0.3, -0.25) is 19.6 Å². The third kappa shape index (κ3) is 3.99. The quantitative estimate of drug-likeness (QED) is 0.430. The molecule has 1 aromatic carbocycles.